The van der Waals surface area contributed by atoms with Crippen LogP contribution in [0.5, 0.6) is 5.88 Å². The van der Waals surface area contributed by atoms with E-state index in [0.29, 0.717) is 17.5 Å². The van der Waals surface area contributed by atoms with Gasteiger partial charge in [-0.3, -0.25) is 9.59 Å². The Morgan fingerprint density at radius 2 is 1.96 bits per heavy atom. The zero-order chi connectivity index (χ0) is 17.9. The van der Waals surface area contributed by atoms with E-state index < -0.39 is 17.3 Å². The summed E-state index contributed by atoms with van der Waals surface area (Å²) in [7, 11) is 1.37. The fourth-order valence-electron chi connectivity index (χ4n) is 2.51. The number of hydrogen-bond acceptors (Lipinski definition) is 4. The van der Waals surface area contributed by atoms with Crippen LogP contribution in [0.1, 0.15) is 35.3 Å². The molecule has 0 spiro atoms. The molecule has 124 valence electrons. The molecule has 0 atom stereocenters. The third-order valence-corrected chi connectivity index (χ3v) is 3.61. The lowest BCUT2D eigenvalue weighted by molar-refractivity contribution is 0.0961. The summed E-state index contributed by atoms with van der Waals surface area (Å²) >= 11 is 0. The largest absolute Gasteiger partial charge is 0.492 e. The molecule has 2 aromatic rings. The number of carbonyl (C=O) groups is 1. The summed E-state index contributed by atoms with van der Waals surface area (Å²) in [6, 6.07) is 11.6. The molecule has 1 heterocycles. The molecule has 2 rings (SSSR count). The van der Waals surface area contributed by atoms with Crippen molar-refractivity contribution in [2.24, 2.45) is 5.92 Å². The zero-order valence-electron chi connectivity index (χ0n) is 13.9. The number of amides is 1. The van der Waals surface area contributed by atoms with Crippen molar-refractivity contribution in [2.75, 3.05) is 12.1 Å². The molecule has 0 aliphatic rings. The monoisotopic (exact) mass is 325 g/mol. The number of hydrogen-bond donors (Lipinski definition) is 1. The predicted molar refractivity (Wildman–Crippen MR) is 90.5 cm³/mol. The lowest BCUT2D eigenvalue weighted by Gasteiger charge is -2.22. The molecule has 0 aliphatic heterocycles. The van der Waals surface area contributed by atoms with E-state index in [1.165, 1.54) is 13.1 Å². The van der Waals surface area contributed by atoms with Crippen LogP contribution >= 0.6 is 0 Å². The number of rotatable bonds is 4. The molecule has 24 heavy (non-hydrogen) atoms. The standard InChI is InChI=1S/C18H19N3O3/c1-12(2)9-14-10-16(22)21(18(24)15(14)11-19)20(3)17(23)13-7-5-4-6-8-13/h4-8,10,12,24H,9H2,1-3H3. The van der Waals surface area contributed by atoms with Crippen LogP contribution in [-0.2, 0) is 6.42 Å². The van der Waals surface area contributed by atoms with Gasteiger partial charge in [0.05, 0.1) is 0 Å². The number of nitrogens with zero attached hydrogens (tertiary/aromatic N) is 3. The van der Waals surface area contributed by atoms with Crippen molar-refractivity contribution < 1.29 is 9.90 Å². The second-order valence-electron chi connectivity index (χ2n) is 5.92. The molecule has 0 saturated carbocycles. The van der Waals surface area contributed by atoms with Gasteiger partial charge < -0.3 is 5.11 Å². The Morgan fingerprint density at radius 1 is 1.33 bits per heavy atom. The fourth-order valence-corrected chi connectivity index (χ4v) is 2.51. The fraction of sp³-hybridized carbons (Fsp3) is 0.278. The normalized spacial score (nSPS) is 10.5. The maximum Gasteiger partial charge on any atom is 0.272 e. The van der Waals surface area contributed by atoms with E-state index in [1.807, 2.05) is 19.9 Å². The molecule has 1 amide bonds. The quantitative estimate of drug-likeness (QED) is 0.932. The van der Waals surface area contributed by atoms with Crippen LogP contribution in [0.3, 0.4) is 0 Å². The molecule has 0 unspecified atom stereocenters. The van der Waals surface area contributed by atoms with Crippen molar-refractivity contribution in [3.63, 3.8) is 0 Å². The number of aromatic nitrogens is 1. The molecule has 0 bridgehead atoms. The topological polar surface area (TPSA) is 86.3 Å². The summed E-state index contributed by atoms with van der Waals surface area (Å²) in [5, 5.41) is 20.7. The number of aromatic hydroxyl groups is 1. The molecule has 1 N–H and O–H groups in total. The van der Waals surface area contributed by atoms with E-state index in [1.54, 1.807) is 30.3 Å². The van der Waals surface area contributed by atoms with E-state index in [4.69, 9.17) is 0 Å². The van der Waals surface area contributed by atoms with Gasteiger partial charge >= 0.3 is 0 Å². The van der Waals surface area contributed by atoms with Gasteiger partial charge in [-0.25, -0.2) is 5.01 Å². The highest BCUT2D eigenvalue weighted by Gasteiger charge is 2.22. The minimum absolute atomic E-state index is 0.0102. The molecular formula is C18H19N3O3. The molecule has 0 fully saturated rings. The van der Waals surface area contributed by atoms with Crippen LogP contribution in [0, 0.1) is 17.2 Å². The number of benzene rings is 1. The van der Waals surface area contributed by atoms with Gasteiger partial charge in [-0.05, 0) is 30.0 Å². The van der Waals surface area contributed by atoms with Crippen LogP contribution in [0.15, 0.2) is 41.2 Å². The van der Waals surface area contributed by atoms with E-state index in [-0.39, 0.29) is 11.5 Å². The minimum Gasteiger partial charge on any atom is -0.492 e. The molecular weight excluding hydrogens is 306 g/mol. The van der Waals surface area contributed by atoms with Crippen molar-refractivity contribution in [3.05, 3.63) is 63.4 Å². The number of pyridine rings is 1. The number of carbonyl (C=O) groups excluding carboxylic acids is 1. The highest BCUT2D eigenvalue weighted by atomic mass is 16.3. The third kappa shape index (κ3) is 3.30. The Hall–Kier alpha value is -3.07. The summed E-state index contributed by atoms with van der Waals surface area (Å²) < 4.78 is 0.817. The summed E-state index contributed by atoms with van der Waals surface area (Å²) in [5.74, 6) is -0.767. The first-order valence-electron chi connectivity index (χ1n) is 7.58. The summed E-state index contributed by atoms with van der Waals surface area (Å²) in [4.78, 5) is 24.9. The van der Waals surface area contributed by atoms with E-state index in [0.717, 1.165) is 9.69 Å². The minimum atomic E-state index is -0.561. The molecule has 6 nitrogen and oxygen atoms in total. The van der Waals surface area contributed by atoms with Crippen molar-refractivity contribution in [2.45, 2.75) is 20.3 Å². The van der Waals surface area contributed by atoms with Crippen LogP contribution in [0.2, 0.25) is 0 Å². The van der Waals surface area contributed by atoms with Gasteiger partial charge in [0, 0.05) is 18.7 Å². The van der Waals surface area contributed by atoms with Crippen LogP contribution in [0.25, 0.3) is 0 Å². The molecule has 1 aromatic heterocycles. The van der Waals surface area contributed by atoms with Gasteiger partial charge in [0.1, 0.15) is 11.6 Å². The Bertz CT molecular complexity index is 848. The smallest absolute Gasteiger partial charge is 0.272 e. The average molecular weight is 325 g/mol. The highest BCUT2D eigenvalue weighted by molar-refractivity contribution is 6.01. The Balaban J connectivity index is 2.53. The van der Waals surface area contributed by atoms with Crippen LogP contribution < -0.4 is 10.6 Å². The van der Waals surface area contributed by atoms with Crippen molar-refractivity contribution in [1.82, 2.24) is 4.68 Å². The van der Waals surface area contributed by atoms with Crippen molar-refractivity contribution in [1.29, 1.82) is 5.26 Å². The first kappa shape index (κ1) is 17.3. The van der Waals surface area contributed by atoms with Gasteiger partial charge in [0.15, 0.2) is 0 Å². The first-order chi connectivity index (χ1) is 11.4. The predicted octanol–water partition coefficient (Wildman–Crippen LogP) is 2.03. The second kappa shape index (κ2) is 7.01. The summed E-state index contributed by atoms with van der Waals surface area (Å²) in [6.45, 7) is 3.91. The molecule has 6 heteroatoms. The SMILES string of the molecule is CC(C)Cc1cc(=O)n(N(C)C(=O)c2ccccc2)c(O)c1C#N. The average Bonchev–Trinajstić information content (AvgIpc) is 2.54. The van der Waals surface area contributed by atoms with Crippen molar-refractivity contribution >= 4 is 5.91 Å². The van der Waals surface area contributed by atoms with Crippen LogP contribution in [0.4, 0.5) is 0 Å². The van der Waals surface area contributed by atoms with Gasteiger partial charge in [-0.2, -0.15) is 9.94 Å². The van der Waals surface area contributed by atoms with Crippen LogP contribution in [-0.4, -0.2) is 22.7 Å². The molecule has 0 aliphatic carbocycles. The zero-order valence-corrected chi connectivity index (χ0v) is 13.9. The maximum atomic E-state index is 12.5. The van der Waals surface area contributed by atoms with Gasteiger partial charge in [-0.1, -0.05) is 32.0 Å². The maximum absolute atomic E-state index is 12.5. The van der Waals surface area contributed by atoms with Gasteiger partial charge in [-0.15, -0.1) is 0 Å². The Morgan fingerprint density at radius 3 is 2.50 bits per heavy atom. The Kier molecular flexibility index (Phi) is 5.05. The highest BCUT2D eigenvalue weighted by Crippen LogP contribution is 2.21. The summed E-state index contributed by atoms with van der Waals surface area (Å²) in [6.07, 6.45) is 0.489. The molecule has 1 aromatic carbocycles. The molecule has 0 saturated heterocycles. The molecule has 0 radical (unpaired) electrons. The third-order valence-electron chi connectivity index (χ3n) is 3.61. The van der Waals surface area contributed by atoms with Gasteiger partial charge in [0.2, 0.25) is 5.88 Å². The lowest BCUT2D eigenvalue weighted by Crippen LogP contribution is -2.43. The first-order valence-corrected chi connectivity index (χ1v) is 7.58. The second-order valence-corrected chi connectivity index (χ2v) is 5.92. The van der Waals surface area contributed by atoms with E-state index >= 15 is 0 Å². The number of nitriles is 1. The lowest BCUT2D eigenvalue weighted by atomic mass is 10.00. The van der Waals surface area contributed by atoms with E-state index in [9.17, 15) is 20.0 Å². The van der Waals surface area contributed by atoms with E-state index in [2.05, 4.69) is 0 Å². The Labute approximate surface area is 140 Å². The van der Waals surface area contributed by atoms with Crippen molar-refractivity contribution in [3.8, 4) is 11.9 Å². The van der Waals surface area contributed by atoms with Gasteiger partial charge in [0.25, 0.3) is 11.5 Å². The summed E-state index contributed by atoms with van der Waals surface area (Å²) in [5.41, 5.74) is 0.299.